The normalized spacial score (nSPS) is 18.1. The van der Waals surface area contributed by atoms with Crippen LogP contribution in [0.4, 0.5) is 0 Å². The fraction of sp³-hybridized carbons (Fsp3) is 0.176. The van der Waals surface area contributed by atoms with E-state index in [0.717, 1.165) is 23.6 Å². The number of H-pyrrole nitrogens is 1. The number of nitrogens with one attached hydrogen (secondary N) is 1. The van der Waals surface area contributed by atoms with Crippen molar-refractivity contribution in [1.82, 2.24) is 4.98 Å². The number of benzene rings is 2. The third kappa shape index (κ3) is 1.84. The van der Waals surface area contributed by atoms with Crippen LogP contribution in [0, 0.1) is 0 Å². The highest BCUT2D eigenvalue weighted by Gasteiger charge is 2.26. The lowest BCUT2D eigenvalue weighted by Gasteiger charge is -2.24. The number of aromatic amines is 1. The van der Waals surface area contributed by atoms with Gasteiger partial charge < -0.3 is 9.72 Å². The number of hydrogen-bond acceptors (Lipinski definition) is 1. The van der Waals surface area contributed by atoms with Crippen molar-refractivity contribution in [2.75, 3.05) is 6.61 Å². The molecule has 0 fully saturated rings. The Morgan fingerprint density at radius 1 is 1.10 bits per heavy atom. The maximum atomic E-state index is 6.10. The van der Waals surface area contributed by atoms with E-state index in [-0.39, 0.29) is 6.10 Å². The van der Waals surface area contributed by atoms with E-state index < -0.39 is 0 Å². The average molecular weight is 284 g/mol. The predicted octanol–water partition coefficient (Wildman–Crippen LogP) is 4.48. The van der Waals surface area contributed by atoms with Gasteiger partial charge in [-0.15, -0.1) is 0 Å². The molecule has 2 heterocycles. The van der Waals surface area contributed by atoms with E-state index >= 15 is 0 Å². The van der Waals surface area contributed by atoms with Gasteiger partial charge in [0.25, 0.3) is 0 Å². The molecule has 0 spiro atoms. The van der Waals surface area contributed by atoms with Gasteiger partial charge in [0, 0.05) is 15.9 Å². The Kier molecular flexibility index (Phi) is 2.79. The van der Waals surface area contributed by atoms with Crippen LogP contribution in [-0.2, 0) is 11.2 Å². The van der Waals surface area contributed by atoms with Crippen molar-refractivity contribution in [3.05, 3.63) is 70.4 Å². The van der Waals surface area contributed by atoms with E-state index in [1.54, 1.807) is 0 Å². The average Bonchev–Trinajstić information content (AvgIpc) is 2.86. The molecule has 1 aliphatic rings. The van der Waals surface area contributed by atoms with Crippen LogP contribution in [0.25, 0.3) is 10.9 Å². The lowest BCUT2D eigenvalue weighted by molar-refractivity contribution is 0.0677. The Morgan fingerprint density at radius 2 is 2.00 bits per heavy atom. The summed E-state index contributed by atoms with van der Waals surface area (Å²) in [7, 11) is 0. The molecule has 0 radical (unpaired) electrons. The van der Waals surface area contributed by atoms with Crippen molar-refractivity contribution in [3.63, 3.8) is 0 Å². The summed E-state index contributed by atoms with van der Waals surface area (Å²) in [6.45, 7) is 0.742. The lowest BCUT2D eigenvalue weighted by Crippen LogP contribution is -2.16. The van der Waals surface area contributed by atoms with Crippen LogP contribution in [-0.4, -0.2) is 11.6 Å². The number of para-hydroxylation sites is 1. The predicted molar refractivity (Wildman–Crippen MR) is 81.2 cm³/mol. The minimum absolute atomic E-state index is 0.0511. The van der Waals surface area contributed by atoms with Gasteiger partial charge in [0.05, 0.1) is 12.3 Å². The van der Waals surface area contributed by atoms with Crippen LogP contribution in [0.15, 0.2) is 48.5 Å². The summed E-state index contributed by atoms with van der Waals surface area (Å²) in [5.41, 5.74) is 4.82. The SMILES string of the molecule is Clc1cccc([C@H]2OCCc3c2[nH]c2ccccc32)c1. The molecule has 1 N–H and O–H groups in total. The fourth-order valence-corrected chi connectivity index (χ4v) is 3.21. The number of halogens is 1. The highest BCUT2D eigenvalue weighted by atomic mass is 35.5. The molecule has 2 nitrogen and oxygen atoms in total. The summed E-state index contributed by atoms with van der Waals surface area (Å²) in [4.78, 5) is 3.52. The first-order valence-electron chi connectivity index (χ1n) is 6.79. The van der Waals surface area contributed by atoms with Gasteiger partial charge in [0.15, 0.2) is 0 Å². The molecule has 1 aromatic heterocycles. The molecule has 3 aromatic rings. The van der Waals surface area contributed by atoms with E-state index in [1.165, 1.54) is 22.2 Å². The van der Waals surface area contributed by atoms with Crippen molar-refractivity contribution in [1.29, 1.82) is 0 Å². The molecule has 0 bridgehead atoms. The van der Waals surface area contributed by atoms with Crippen LogP contribution in [0.2, 0.25) is 5.02 Å². The van der Waals surface area contributed by atoms with Gasteiger partial charge in [-0.25, -0.2) is 0 Å². The molecule has 0 aliphatic carbocycles. The van der Waals surface area contributed by atoms with Gasteiger partial charge in [-0.05, 0) is 35.7 Å². The van der Waals surface area contributed by atoms with Crippen LogP contribution in [0.1, 0.15) is 22.9 Å². The van der Waals surface area contributed by atoms with Crippen LogP contribution in [0.5, 0.6) is 0 Å². The van der Waals surface area contributed by atoms with E-state index in [2.05, 4.69) is 35.3 Å². The second-order valence-electron chi connectivity index (χ2n) is 5.12. The molecular weight excluding hydrogens is 270 g/mol. The maximum absolute atomic E-state index is 6.10. The van der Waals surface area contributed by atoms with E-state index in [0.29, 0.717) is 0 Å². The standard InChI is InChI=1S/C17H14ClNO/c18-12-5-3-4-11(10-12)17-16-14(8-9-20-17)13-6-1-2-7-15(13)19-16/h1-7,10,17,19H,8-9H2/t17-/m1/s1. The third-order valence-electron chi connectivity index (χ3n) is 3.90. The Morgan fingerprint density at radius 3 is 2.90 bits per heavy atom. The van der Waals surface area contributed by atoms with E-state index in [4.69, 9.17) is 16.3 Å². The van der Waals surface area contributed by atoms with Crippen molar-refractivity contribution < 1.29 is 4.74 Å². The Labute approximate surface area is 122 Å². The largest absolute Gasteiger partial charge is 0.367 e. The molecule has 20 heavy (non-hydrogen) atoms. The zero-order valence-corrected chi connectivity index (χ0v) is 11.7. The maximum Gasteiger partial charge on any atom is 0.123 e. The van der Waals surface area contributed by atoms with Crippen LogP contribution < -0.4 is 0 Å². The topological polar surface area (TPSA) is 25.0 Å². The first kappa shape index (κ1) is 12.0. The second-order valence-corrected chi connectivity index (χ2v) is 5.56. The zero-order valence-electron chi connectivity index (χ0n) is 10.9. The quantitative estimate of drug-likeness (QED) is 0.700. The highest BCUT2D eigenvalue weighted by Crippen LogP contribution is 2.36. The smallest absolute Gasteiger partial charge is 0.123 e. The summed E-state index contributed by atoms with van der Waals surface area (Å²) >= 11 is 6.10. The summed E-state index contributed by atoms with van der Waals surface area (Å²) in [6.07, 6.45) is 0.904. The van der Waals surface area contributed by atoms with Crippen molar-refractivity contribution in [2.45, 2.75) is 12.5 Å². The number of hydrogen-bond donors (Lipinski definition) is 1. The Bertz CT molecular complexity index is 778. The van der Waals surface area contributed by atoms with Gasteiger partial charge in [0.2, 0.25) is 0 Å². The van der Waals surface area contributed by atoms with E-state index in [9.17, 15) is 0 Å². The number of aromatic nitrogens is 1. The zero-order chi connectivity index (χ0) is 13.5. The molecule has 4 rings (SSSR count). The summed E-state index contributed by atoms with van der Waals surface area (Å²) in [5.74, 6) is 0. The molecule has 1 aliphatic heterocycles. The molecule has 2 aromatic carbocycles. The van der Waals surface area contributed by atoms with Crippen molar-refractivity contribution in [3.8, 4) is 0 Å². The molecule has 0 amide bonds. The summed E-state index contributed by atoms with van der Waals surface area (Å²) < 4.78 is 5.99. The lowest BCUT2D eigenvalue weighted by atomic mass is 9.98. The molecule has 100 valence electrons. The first-order valence-corrected chi connectivity index (χ1v) is 7.17. The van der Waals surface area contributed by atoms with Gasteiger partial charge >= 0.3 is 0 Å². The third-order valence-corrected chi connectivity index (χ3v) is 4.13. The second kappa shape index (κ2) is 4.65. The van der Waals surface area contributed by atoms with Gasteiger partial charge in [-0.2, -0.15) is 0 Å². The first-order chi connectivity index (χ1) is 9.83. The molecule has 3 heteroatoms. The molecule has 1 atom stereocenters. The molecular formula is C17H14ClNO. The number of ether oxygens (including phenoxy) is 1. The van der Waals surface area contributed by atoms with Crippen LogP contribution >= 0.6 is 11.6 Å². The van der Waals surface area contributed by atoms with Gasteiger partial charge in [-0.3, -0.25) is 0 Å². The number of rotatable bonds is 1. The number of fused-ring (bicyclic) bond motifs is 3. The molecule has 0 saturated carbocycles. The summed E-state index contributed by atoms with van der Waals surface area (Å²) in [5, 5.41) is 2.05. The minimum atomic E-state index is -0.0511. The Hall–Kier alpha value is -1.77. The van der Waals surface area contributed by atoms with Crippen molar-refractivity contribution in [2.24, 2.45) is 0 Å². The minimum Gasteiger partial charge on any atom is -0.367 e. The van der Waals surface area contributed by atoms with Crippen LogP contribution in [0.3, 0.4) is 0 Å². The Balaban J connectivity index is 1.90. The highest BCUT2D eigenvalue weighted by molar-refractivity contribution is 6.30. The van der Waals surface area contributed by atoms with Gasteiger partial charge in [0.1, 0.15) is 6.10 Å². The molecule has 0 saturated heterocycles. The van der Waals surface area contributed by atoms with E-state index in [1.807, 2.05) is 18.2 Å². The van der Waals surface area contributed by atoms with Crippen molar-refractivity contribution >= 4 is 22.5 Å². The monoisotopic (exact) mass is 283 g/mol. The van der Waals surface area contributed by atoms with Gasteiger partial charge in [-0.1, -0.05) is 41.9 Å². The summed E-state index contributed by atoms with van der Waals surface area (Å²) in [6, 6.07) is 16.3. The fourth-order valence-electron chi connectivity index (χ4n) is 3.01. The molecule has 0 unspecified atom stereocenters.